The summed E-state index contributed by atoms with van der Waals surface area (Å²) in [4.78, 5) is 11.1. The number of hydrogen-bond acceptors (Lipinski definition) is 4. The first kappa shape index (κ1) is 11.5. The van der Waals surface area contributed by atoms with Crippen molar-refractivity contribution in [3.63, 3.8) is 0 Å². The summed E-state index contributed by atoms with van der Waals surface area (Å²) in [5.41, 5.74) is 4.80. The number of carbonyl (C=O) groups is 1. The number of halogens is 2. The second-order valence-electron chi connectivity index (χ2n) is 2.68. The molecule has 0 aromatic heterocycles. The van der Waals surface area contributed by atoms with Crippen LogP contribution in [0.2, 0.25) is 5.02 Å². The molecule has 1 aromatic carbocycles. The standard InChI is InChI=1S/C9H8ClFN2O2/c1-15-9(14)4-2-6(10)8(13)5(3-12)7(4)11/h2-3,12H,13H2,1H3. The lowest BCUT2D eigenvalue weighted by Crippen LogP contribution is -2.09. The number of esters is 1. The summed E-state index contributed by atoms with van der Waals surface area (Å²) < 4.78 is 17.9. The Labute approximate surface area is 90.3 Å². The summed E-state index contributed by atoms with van der Waals surface area (Å²) in [7, 11) is 1.12. The van der Waals surface area contributed by atoms with E-state index in [2.05, 4.69) is 4.74 Å². The van der Waals surface area contributed by atoms with Crippen LogP contribution in [0, 0.1) is 11.2 Å². The maximum Gasteiger partial charge on any atom is 0.340 e. The fraction of sp³-hybridized carbons (Fsp3) is 0.111. The van der Waals surface area contributed by atoms with Gasteiger partial charge in [0.2, 0.25) is 0 Å². The normalized spacial score (nSPS) is 9.80. The molecule has 0 bridgehead atoms. The predicted molar refractivity (Wildman–Crippen MR) is 55.0 cm³/mol. The molecule has 0 heterocycles. The quantitative estimate of drug-likeness (QED) is 0.462. The van der Waals surface area contributed by atoms with E-state index in [-0.39, 0.29) is 21.8 Å². The minimum Gasteiger partial charge on any atom is -0.465 e. The van der Waals surface area contributed by atoms with Crippen LogP contribution in [0.3, 0.4) is 0 Å². The SMILES string of the molecule is COC(=O)c1cc(Cl)c(N)c(C=N)c1F. The minimum atomic E-state index is -0.904. The molecular formula is C9H8ClFN2O2. The van der Waals surface area contributed by atoms with E-state index in [1.54, 1.807) is 0 Å². The van der Waals surface area contributed by atoms with Gasteiger partial charge < -0.3 is 15.9 Å². The van der Waals surface area contributed by atoms with Gasteiger partial charge in [0.05, 0.1) is 28.9 Å². The zero-order valence-electron chi connectivity index (χ0n) is 7.80. The summed E-state index contributed by atoms with van der Waals surface area (Å²) in [5, 5.41) is 6.97. The van der Waals surface area contributed by atoms with Gasteiger partial charge in [-0.05, 0) is 6.07 Å². The van der Waals surface area contributed by atoms with Gasteiger partial charge in [-0.15, -0.1) is 0 Å². The van der Waals surface area contributed by atoms with Crippen molar-refractivity contribution in [1.82, 2.24) is 0 Å². The number of nitrogen functional groups attached to an aromatic ring is 1. The van der Waals surface area contributed by atoms with Gasteiger partial charge in [-0.1, -0.05) is 11.6 Å². The fourth-order valence-corrected chi connectivity index (χ4v) is 1.27. The average molecular weight is 231 g/mol. The highest BCUT2D eigenvalue weighted by molar-refractivity contribution is 6.34. The third kappa shape index (κ3) is 1.92. The van der Waals surface area contributed by atoms with Crippen LogP contribution in [0.5, 0.6) is 0 Å². The molecule has 0 aliphatic rings. The smallest absolute Gasteiger partial charge is 0.340 e. The first-order chi connectivity index (χ1) is 7.02. The van der Waals surface area contributed by atoms with Crippen LogP contribution in [-0.2, 0) is 4.74 Å². The lowest BCUT2D eigenvalue weighted by atomic mass is 10.1. The van der Waals surface area contributed by atoms with Crippen molar-refractivity contribution in [3.05, 3.63) is 28.0 Å². The van der Waals surface area contributed by atoms with Crippen LogP contribution in [0.25, 0.3) is 0 Å². The number of nitrogens with two attached hydrogens (primary N) is 1. The lowest BCUT2D eigenvalue weighted by Gasteiger charge is -2.08. The number of anilines is 1. The van der Waals surface area contributed by atoms with Gasteiger partial charge in [0.25, 0.3) is 0 Å². The number of rotatable bonds is 2. The summed E-state index contributed by atoms with van der Waals surface area (Å²) in [5.74, 6) is -1.77. The van der Waals surface area contributed by atoms with Crippen LogP contribution in [-0.4, -0.2) is 19.3 Å². The van der Waals surface area contributed by atoms with Crippen molar-refractivity contribution in [1.29, 1.82) is 5.41 Å². The molecule has 1 rings (SSSR count). The van der Waals surface area contributed by atoms with Crippen LogP contribution in [0.4, 0.5) is 10.1 Å². The van der Waals surface area contributed by atoms with Gasteiger partial charge in [-0.2, -0.15) is 0 Å². The molecule has 0 saturated carbocycles. The van der Waals surface area contributed by atoms with E-state index < -0.39 is 11.8 Å². The van der Waals surface area contributed by atoms with Crippen LogP contribution in [0.15, 0.2) is 6.07 Å². The topological polar surface area (TPSA) is 76.2 Å². The Hall–Kier alpha value is -1.62. The Morgan fingerprint density at radius 1 is 1.73 bits per heavy atom. The number of nitrogens with one attached hydrogen (secondary N) is 1. The van der Waals surface area contributed by atoms with E-state index in [1.807, 2.05) is 0 Å². The summed E-state index contributed by atoms with van der Waals surface area (Å²) in [6.07, 6.45) is 0.697. The molecule has 0 radical (unpaired) electrons. The summed E-state index contributed by atoms with van der Waals surface area (Å²) >= 11 is 5.67. The number of methoxy groups -OCH3 is 1. The molecule has 6 heteroatoms. The van der Waals surface area contributed by atoms with Gasteiger partial charge >= 0.3 is 5.97 Å². The fourth-order valence-electron chi connectivity index (χ4n) is 1.06. The predicted octanol–water partition coefficient (Wildman–Crippen LogP) is 1.85. The first-order valence-electron chi connectivity index (χ1n) is 3.89. The number of carbonyl (C=O) groups excluding carboxylic acids is 1. The molecule has 0 fully saturated rings. The molecule has 0 spiro atoms. The molecule has 0 amide bonds. The van der Waals surface area contributed by atoms with E-state index in [0.29, 0.717) is 6.21 Å². The molecule has 15 heavy (non-hydrogen) atoms. The van der Waals surface area contributed by atoms with Crippen molar-refractivity contribution in [2.45, 2.75) is 0 Å². The zero-order valence-corrected chi connectivity index (χ0v) is 8.56. The van der Waals surface area contributed by atoms with Crippen LogP contribution < -0.4 is 5.73 Å². The van der Waals surface area contributed by atoms with E-state index in [0.717, 1.165) is 13.2 Å². The molecular weight excluding hydrogens is 223 g/mol. The maximum atomic E-state index is 13.6. The molecule has 0 atom stereocenters. The number of ether oxygens (including phenoxy) is 1. The summed E-state index contributed by atoms with van der Waals surface area (Å²) in [6, 6.07) is 1.07. The minimum absolute atomic E-state index is 0.00954. The van der Waals surface area contributed by atoms with E-state index in [9.17, 15) is 9.18 Å². The monoisotopic (exact) mass is 230 g/mol. The van der Waals surface area contributed by atoms with Crippen molar-refractivity contribution >= 4 is 29.5 Å². The molecule has 3 N–H and O–H groups in total. The van der Waals surface area contributed by atoms with Crippen molar-refractivity contribution in [2.24, 2.45) is 0 Å². The largest absolute Gasteiger partial charge is 0.465 e. The second kappa shape index (κ2) is 4.27. The molecule has 80 valence electrons. The third-order valence-electron chi connectivity index (χ3n) is 1.84. The molecule has 4 nitrogen and oxygen atoms in total. The Bertz CT molecular complexity index is 435. The first-order valence-corrected chi connectivity index (χ1v) is 4.27. The Morgan fingerprint density at radius 3 is 2.80 bits per heavy atom. The van der Waals surface area contributed by atoms with Gasteiger partial charge in [-0.25, -0.2) is 9.18 Å². The van der Waals surface area contributed by atoms with E-state index >= 15 is 0 Å². The van der Waals surface area contributed by atoms with Gasteiger partial charge in [-0.3, -0.25) is 0 Å². The maximum absolute atomic E-state index is 13.6. The van der Waals surface area contributed by atoms with Gasteiger partial charge in [0, 0.05) is 6.21 Å². The van der Waals surface area contributed by atoms with Crippen molar-refractivity contribution < 1.29 is 13.9 Å². The Balaban J connectivity index is 3.50. The van der Waals surface area contributed by atoms with Crippen LogP contribution >= 0.6 is 11.6 Å². The summed E-state index contributed by atoms with van der Waals surface area (Å²) in [6.45, 7) is 0. The zero-order chi connectivity index (χ0) is 11.6. The Morgan fingerprint density at radius 2 is 2.33 bits per heavy atom. The third-order valence-corrected chi connectivity index (χ3v) is 2.15. The second-order valence-corrected chi connectivity index (χ2v) is 3.09. The Kier molecular flexibility index (Phi) is 3.26. The number of hydrogen-bond donors (Lipinski definition) is 2. The highest BCUT2D eigenvalue weighted by atomic mass is 35.5. The van der Waals surface area contributed by atoms with Gasteiger partial charge in [0.1, 0.15) is 5.82 Å². The van der Waals surface area contributed by atoms with E-state index in [4.69, 9.17) is 22.7 Å². The highest BCUT2D eigenvalue weighted by Gasteiger charge is 2.19. The molecule has 0 aliphatic heterocycles. The molecule has 0 saturated heterocycles. The lowest BCUT2D eigenvalue weighted by molar-refractivity contribution is 0.0595. The molecule has 1 aromatic rings. The van der Waals surface area contributed by atoms with E-state index in [1.165, 1.54) is 0 Å². The molecule has 0 unspecified atom stereocenters. The van der Waals surface area contributed by atoms with Gasteiger partial charge in [0.15, 0.2) is 0 Å². The van der Waals surface area contributed by atoms with Crippen LogP contribution in [0.1, 0.15) is 15.9 Å². The highest BCUT2D eigenvalue weighted by Crippen LogP contribution is 2.27. The van der Waals surface area contributed by atoms with Crippen molar-refractivity contribution in [3.8, 4) is 0 Å². The van der Waals surface area contributed by atoms with Crippen molar-refractivity contribution in [2.75, 3.05) is 12.8 Å². The number of benzene rings is 1. The average Bonchev–Trinajstić information content (AvgIpc) is 2.23. The molecule has 0 aliphatic carbocycles.